The summed E-state index contributed by atoms with van der Waals surface area (Å²) in [5.74, 6) is 0. The molecule has 0 spiro atoms. The summed E-state index contributed by atoms with van der Waals surface area (Å²) in [6, 6.07) is 4.50. The zero-order chi connectivity index (χ0) is 13.5. The highest BCUT2D eigenvalue weighted by atomic mass is 15.1. The molecule has 0 unspecified atom stereocenters. The monoisotopic (exact) mass is 248 g/mol. The van der Waals surface area contributed by atoms with Gasteiger partial charge in [-0.15, -0.1) is 0 Å². The van der Waals surface area contributed by atoms with Crippen molar-refractivity contribution in [2.24, 2.45) is 0 Å². The fourth-order valence-corrected chi connectivity index (χ4v) is 2.51. The molecule has 0 aromatic heterocycles. The second-order valence-electron chi connectivity index (χ2n) is 5.08. The van der Waals surface area contributed by atoms with Gasteiger partial charge in [0.2, 0.25) is 0 Å². The number of hydrogen-bond donors (Lipinski definition) is 1. The van der Waals surface area contributed by atoms with Gasteiger partial charge in [-0.1, -0.05) is 31.5 Å². The van der Waals surface area contributed by atoms with Crippen LogP contribution in [-0.4, -0.2) is 31.1 Å². The van der Waals surface area contributed by atoms with E-state index in [1.807, 2.05) is 0 Å². The zero-order valence-corrected chi connectivity index (χ0v) is 12.6. The molecule has 0 amide bonds. The van der Waals surface area contributed by atoms with E-state index in [9.17, 15) is 0 Å². The highest BCUT2D eigenvalue weighted by Gasteiger charge is 2.03. The molecule has 0 atom stereocenters. The first-order valence-corrected chi connectivity index (χ1v) is 7.12. The Kier molecular flexibility index (Phi) is 6.20. The maximum Gasteiger partial charge on any atom is 0.0399 e. The van der Waals surface area contributed by atoms with Gasteiger partial charge >= 0.3 is 0 Å². The summed E-state index contributed by atoms with van der Waals surface area (Å²) in [7, 11) is 0. The van der Waals surface area contributed by atoms with Crippen LogP contribution in [0.25, 0.3) is 0 Å². The van der Waals surface area contributed by atoms with E-state index >= 15 is 0 Å². The van der Waals surface area contributed by atoms with Gasteiger partial charge < -0.3 is 10.2 Å². The van der Waals surface area contributed by atoms with E-state index in [1.165, 1.54) is 35.3 Å². The first kappa shape index (κ1) is 15.0. The molecule has 0 radical (unpaired) electrons. The average Bonchev–Trinajstić information content (AvgIpc) is 2.32. The van der Waals surface area contributed by atoms with Gasteiger partial charge in [-0.2, -0.15) is 0 Å². The predicted octanol–water partition coefficient (Wildman–Crippen LogP) is 3.76. The molecule has 0 saturated heterocycles. The lowest BCUT2D eigenvalue weighted by Crippen LogP contribution is -2.25. The van der Waals surface area contributed by atoms with Gasteiger partial charge in [0, 0.05) is 12.2 Å². The van der Waals surface area contributed by atoms with Crippen LogP contribution >= 0.6 is 0 Å². The molecule has 0 heterocycles. The van der Waals surface area contributed by atoms with Crippen molar-refractivity contribution in [3.63, 3.8) is 0 Å². The zero-order valence-electron chi connectivity index (χ0n) is 12.6. The van der Waals surface area contributed by atoms with Crippen LogP contribution < -0.4 is 5.32 Å². The Bertz CT molecular complexity index is 344. The first-order valence-electron chi connectivity index (χ1n) is 7.12. The molecular formula is C16H28N2. The Morgan fingerprint density at radius 2 is 1.56 bits per heavy atom. The van der Waals surface area contributed by atoms with Gasteiger partial charge in [-0.05, 0) is 58.0 Å². The standard InChI is InChI=1S/C16H28N2/c1-6-18(7-2)10-8-9-17-16-14(4)11-13(3)12-15(16)5/h11-12,17H,6-10H2,1-5H3. The molecule has 2 nitrogen and oxygen atoms in total. The topological polar surface area (TPSA) is 15.3 Å². The van der Waals surface area contributed by atoms with E-state index < -0.39 is 0 Å². The average molecular weight is 248 g/mol. The van der Waals surface area contributed by atoms with E-state index in [0.717, 1.165) is 19.6 Å². The van der Waals surface area contributed by atoms with E-state index in [0.29, 0.717) is 0 Å². The molecule has 18 heavy (non-hydrogen) atoms. The number of aryl methyl sites for hydroxylation is 3. The number of hydrogen-bond acceptors (Lipinski definition) is 2. The Morgan fingerprint density at radius 1 is 1.00 bits per heavy atom. The molecule has 102 valence electrons. The molecule has 1 aromatic carbocycles. The number of anilines is 1. The van der Waals surface area contributed by atoms with Crippen LogP contribution in [0.15, 0.2) is 12.1 Å². The lowest BCUT2D eigenvalue weighted by molar-refractivity contribution is 0.303. The van der Waals surface area contributed by atoms with Crippen molar-refractivity contribution in [1.29, 1.82) is 0 Å². The SMILES string of the molecule is CCN(CC)CCCNc1c(C)cc(C)cc1C. The molecule has 0 fully saturated rings. The highest BCUT2D eigenvalue weighted by molar-refractivity contribution is 5.58. The normalized spacial score (nSPS) is 11.0. The molecule has 1 rings (SSSR count). The lowest BCUT2D eigenvalue weighted by atomic mass is 10.1. The molecule has 0 bridgehead atoms. The van der Waals surface area contributed by atoms with Crippen LogP contribution in [0.5, 0.6) is 0 Å². The van der Waals surface area contributed by atoms with Crippen molar-refractivity contribution in [2.75, 3.05) is 31.5 Å². The van der Waals surface area contributed by atoms with Crippen molar-refractivity contribution < 1.29 is 0 Å². The molecular weight excluding hydrogens is 220 g/mol. The minimum absolute atomic E-state index is 1.06. The summed E-state index contributed by atoms with van der Waals surface area (Å²) < 4.78 is 0. The molecule has 1 N–H and O–H groups in total. The van der Waals surface area contributed by atoms with Gasteiger partial charge in [0.15, 0.2) is 0 Å². The van der Waals surface area contributed by atoms with Gasteiger partial charge in [0.1, 0.15) is 0 Å². The molecule has 2 heteroatoms. The molecule has 0 saturated carbocycles. The summed E-state index contributed by atoms with van der Waals surface area (Å²) in [5.41, 5.74) is 5.38. The third kappa shape index (κ3) is 4.34. The number of nitrogens with one attached hydrogen (secondary N) is 1. The number of nitrogens with zero attached hydrogens (tertiary/aromatic N) is 1. The third-order valence-electron chi connectivity index (χ3n) is 3.52. The second kappa shape index (κ2) is 7.42. The van der Waals surface area contributed by atoms with Gasteiger partial charge in [0.05, 0.1) is 0 Å². The fourth-order valence-electron chi connectivity index (χ4n) is 2.51. The molecule has 0 aliphatic rings. The van der Waals surface area contributed by atoms with E-state index in [-0.39, 0.29) is 0 Å². The number of rotatable bonds is 7. The van der Waals surface area contributed by atoms with Crippen molar-refractivity contribution in [3.8, 4) is 0 Å². The summed E-state index contributed by atoms with van der Waals surface area (Å²) >= 11 is 0. The lowest BCUT2D eigenvalue weighted by Gasteiger charge is -2.19. The summed E-state index contributed by atoms with van der Waals surface area (Å²) in [6.07, 6.45) is 1.20. The van der Waals surface area contributed by atoms with Crippen molar-refractivity contribution >= 4 is 5.69 Å². The Hall–Kier alpha value is -1.02. The minimum Gasteiger partial charge on any atom is -0.385 e. The van der Waals surface area contributed by atoms with E-state index in [1.54, 1.807) is 0 Å². The second-order valence-corrected chi connectivity index (χ2v) is 5.08. The Morgan fingerprint density at radius 3 is 2.06 bits per heavy atom. The van der Waals surface area contributed by atoms with Crippen LogP contribution in [0, 0.1) is 20.8 Å². The summed E-state index contributed by atoms with van der Waals surface area (Å²) in [4.78, 5) is 2.47. The highest BCUT2D eigenvalue weighted by Crippen LogP contribution is 2.21. The third-order valence-corrected chi connectivity index (χ3v) is 3.52. The maximum absolute atomic E-state index is 3.59. The molecule has 0 aliphatic carbocycles. The largest absolute Gasteiger partial charge is 0.385 e. The van der Waals surface area contributed by atoms with Crippen LogP contribution in [0.4, 0.5) is 5.69 Å². The number of benzene rings is 1. The quantitative estimate of drug-likeness (QED) is 0.739. The van der Waals surface area contributed by atoms with Crippen LogP contribution in [0.2, 0.25) is 0 Å². The maximum atomic E-state index is 3.59. The Labute approximate surface area is 112 Å². The molecule has 0 aliphatic heterocycles. The predicted molar refractivity (Wildman–Crippen MR) is 81.5 cm³/mol. The van der Waals surface area contributed by atoms with Gasteiger partial charge in [-0.25, -0.2) is 0 Å². The minimum atomic E-state index is 1.06. The van der Waals surface area contributed by atoms with Gasteiger partial charge in [-0.3, -0.25) is 0 Å². The van der Waals surface area contributed by atoms with E-state index in [4.69, 9.17) is 0 Å². The van der Waals surface area contributed by atoms with Crippen molar-refractivity contribution in [3.05, 3.63) is 28.8 Å². The van der Waals surface area contributed by atoms with Crippen LogP contribution in [0.1, 0.15) is 37.0 Å². The smallest absolute Gasteiger partial charge is 0.0399 e. The Balaban J connectivity index is 2.44. The van der Waals surface area contributed by atoms with Crippen LogP contribution in [0.3, 0.4) is 0 Å². The summed E-state index contributed by atoms with van der Waals surface area (Å²) in [5, 5.41) is 3.59. The van der Waals surface area contributed by atoms with Crippen molar-refractivity contribution in [2.45, 2.75) is 41.0 Å². The van der Waals surface area contributed by atoms with Gasteiger partial charge in [0.25, 0.3) is 0 Å². The van der Waals surface area contributed by atoms with E-state index in [2.05, 4.69) is 57.0 Å². The summed E-state index contributed by atoms with van der Waals surface area (Å²) in [6.45, 7) is 15.5. The first-order chi connectivity index (χ1) is 8.58. The molecule has 1 aromatic rings. The fraction of sp³-hybridized carbons (Fsp3) is 0.625. The van der Waals surface area contributed by atoms with Crippen LogP contribution in [-0.2, 0) is 0 Å². The van der Waals surface area contributed by atoms with Crippen molar-refractivity contribution in [1.82, 2.24) is 4.90 Å².